The monoisotopic (exact) mass is 232 g/mol. The summed E-state index contributed by atoms with van der Waals surface area (Å²) in [5, 5.41) is 37.5. The average molecular weight is 232 g/mol. The second-order valence-electron chi connectivity index (χ2n) is 3.81. The van der Waals surface area contributed by atoms with Gasteiger partial charge in [-0.05, 0) is 18.2 Å². The van der Waals surface area contributed by atoms with Crippen LogP contribution in [-0.2, 0) is 0 Å². The number of aromatic amines is 1. The number of hydrogen-bond acceptors (Lipinski definition) is 4. The molecule has 1 aromatic heterocycles. The predicted molar refractivity (Wildman–Crippen MR) is 61.1 cm³/mol. The van der Waals surface area contributed by atoms with Crippen molar-refractivity contribution in [2.75, 3.05) is 6.61 Å². The number of nitrogens with one attached hydrogen (secondary N) is 1. The normalized spacial score (nSPS) is 14.5. The minimum absolute atomic E-state index is 0.471. The molecule has 2 rings (SSSR count). The molecule has 0 spiro atoms. The molecule has 17 heavy (non-hydrogen) atoms. The van der Waals surface area contributed by atoms with Crippen LogP contribution >= 0.6 is 0 Å². The van der Waals surface area contributed by atoms with Crippen LogP contribution in [-0.4, -0.2) is 33.0 Å². The van der Waals surface area contributed by atoms with Crippen molar-refractivity contribution in [3.8, 4) is 6.07 Å². The van der Waals surface area contributed by atoms with E-state index < -0.39 is 18.8 Å². The Bertz CT molecular complexity index is 571. The average Bonchev–Trinajstić information content (AvgIpc) is 2.79. The van der Waals surface area contributed by atoms with E-state index in [1.807, 2.05) is 6.07 Å². The summed E-state index contributed by atoms with van der Waals surface area (Å²) in [4.78, 5) is 2.94. The molecule has 0 amide bonds. The van der Waals surface area contributed by atoms with Crippen LogP contribution in [0.25, 0.3) is 10.9 Å². The largest absolute Gasteiger partial charge is 0.394 e. The molecule has 1 heterocycles. The second-order valence-corrected chi connectivity index (χ2v) is 3.81. The number of rotatable bonds is 3. The molecule has 0 aliphatic rings. The lowest BCUT2D eigenvalue weighted by molar-refractivity contribution is -0.0145. The van der Waals surface area contributed by atoms with Crippen LogP contribution in [0.15, 0.2) is 24.4 Å². The Balaban J connectivity index is 2.51. The van der Waals surface area contributed by atoms with Crippen molar-refractivity contribution in [2.24, 2.45) is 0 Å². The summed E-state index contributed by atoms with van der Waals surface area (Å²) < 4.78 is 0. The number of benzene rings is 1. The Labute approximate surface area is 97.6 Å². The predicted octanol–water partition coefficient (Wildman–Crippen LogP) is 0.426. The summed E-state index contributed by atoms with van der Waals surface area (Å²) in [6.07, 6.45) is -0.850. The van der Waals surface area contributed by atoms with E-state index in [9.17, 15) is 10.2 Å². The minimum Gasteiger partial charge on any atom is -0.394 e. The number of H-pyrrole nitrogens is 1. The summed E-state index contributed by atoms with van der Waals surface area (Å²) in [6.45, 7) is -0.522. The number of aliphatic hydroxyl groups is 3. The van der Waals surface area contributed by atoms with E-state index in [0.29, 0.717) is 16.5 Å². The van der Waals surface area contributed by atoms with Crippen LogP contribution in [0.4, 0.5) is 0 Å². The molecule has 0 aliphatic carbocycles. The van der Waals surface area contributed by atoms with Gasteiger partial charge < -0.3 is 20.3 Å². The number of nitrogens with zero attached hydrogens (tertiary/aromatic N) is 1. The molecule has 2 unspecified atom stereocenters. The second kappa shape index (κ2) is 4.55. The van der Waals surface area contributed by atoms with Crippen LogP contribution in [0.3, 0.4) is 0 Å². The number of aliphatic hydroxyl groups excluding tert-OH is 3. The highest BCUT2D eigenvalue weighted by Gasteiger charge is 2.20. The molecule has 4 N–H and O–H groups in total. The molecule has 0 saturated carbocycles. The topological polar surface area (TPSA) is 100 Å². The molecule has 2 aromatic rings. The Kier molecular flexibility index (Phi) is 3.11. The lowest BCUT2D eigenvalue weighted by Gasteiger charge is -2.14. The van der Waals surface area contributed by atoms with Gasteiger partial charge in [-0.3, -0.25) is 0 Å². The molecule has 2 atom stereocenters. The zero-order chi connectivity index (χ0) is 12.4. The van der Waals surface area contributed by atoms with Crippen molar-refractivity contribution in [1.82, 2.24) is 4.98 Å². The SMILES string of the molecule is N#Cc1ccc2[nH]cc(C(O)C(O)CO)c2c1. The highest BCUT2D eigenvalue weighted by atomic mass is 16.4. The maximum Gasteiger partial charge on any atom is 0.109 e. The molecule has 0 aliphatic heterocycles. The number of aromatic nitrogens is 1. The lowest BCUT2D eigenvalue weighted by Crippen LogP contribution is -2.21. The van der Waals surface area contributed by atoms with Crippen molar-refractivity contribution in [2.45, 2.75) is 12.2 Å². The molecule has 0 radical (unpaired) electrons. The van der Waals surface area contributed by atoms with E-state index in [2.05, 4.69) is 4.98 Å². The zero-order valence-corrected chi connectivity index (χ0v) is 8.96. The van der Waals surface area contributed by atoms with Crippen molar-refractivity contribution in [1.29, 1.82) is 5.26 Å². The summed E-state index contributed by atoms with van der Waals surface area (Å²) in [5.41, 5.74) is 1.71. The van der Waals surface area contributed by atoms with Gasteiger partial charge >= 0.3 is 0 Å². The van der Waals surface area contributed by atoms with E-state index in [-0.39, 0.29) is 0 Å². The van der Waals surface area contributed by atoms with Crippen LogP contribution < -0.4 is 0 Å². The summed E-state index contributed by atoms with van der Waals surface area (Å²) in [7, 11) is 0. The van der Waals surface area contributed by atoms with Crippen LogP contribution in [0, 0.1) is 11.3 Å². The fourth-order valence-corrected chi connectivity index (χ4v) is 1.76. The van der Waals surface area contributed by atoms with Crippen LogP contribution in [0.2, 0.25) is 0 Å². The van der Waals surface area contributed by atoms with Gasteiger partial charge in [0.2, 0.25) is 0 Å². The molecule has 0 bridgehead atoms. The number of nitriles is 1. The number of hydrogen-bond donors (Lipinski definition) is 4. The van der Waals surface area contributed by atoms with Crippen molar-refractivity contribution >= 4 is 10.9 Å². The molecule has 5 heteroatoms. The Morgan fingerprint density at radius 3 is 2.76 bits per heavy atom. The third-order valence-corrected chi connectivity index (χ3v) is 2.71. The third-order valence-electron chi connectivity index (χ3n) is 2.71. The van der Waals surface area contributed by atoms with Gasteiger partial charge in [0, 0.05) is 22.7 Å². The van der Waals surface area contributed by atoms with Crippen molar-refractivity contribution in [3.63, 3.8) is 0 Å². The van der Waals surface area contributed by atoms with Crippen LogP contribution in [0.1, 0.15) is 17.2 Å². The molecule has 0 saturated heterocycles. The van der Waals surface area contributed by atoms with E-state index in [1.54, 1.807) is 24.4 Å². The summed E-state index contributed by atoms with van der Waals surface area (Å²) in [6, 6.07) is 7.04. The standard InChI is InChI=1S/C12H12N2O3/c13-4-7-1-2-10-8(3-7)9(5-14-10)12(17)11(16)6-15/h1-3,5,11-12,14-17H,6H2. The quantitative estimate of drug-likeness (QED) is 0.616. The molecule has 88 valence electrons. The van der Waals surface area contributed by atoms with Gasteiger partial charge in [-0.1, -0.05) is 0 Å². The van der Waals surface area contributed by atoms with E-state index in [1.165, 1.54) is 0 Å². The van der Waals surface area contributed by atoms with Gasteiger partial charge in [0.15, 0.2) is 0 Å². The van der Waals surface area contributed by atoms with Gasteiger partial charge in [0.25, 0.3) is 0 Å². The van der Waals surface area contributed by atoms with Crippen LogP contribution in [0.5, 0.6) is 0 Å². The first-order chi connectivity index (χ1) is 8.17. The summed E-state index contributed by atoms with van der Waals surface area (Å²) in [5.74, 6) is 0. The molecular weight excluding hydrogens is 220 g/mol. The number of fused-ring (bicyclic) bond motifs is 1. The molecule has 1 aromatic carbocycles. The first-order valence-corrected chi connectivity index (χ1v) is 5.15. The van der Waals surface area contributed by atoms with E-state index in [0.717, 1.165) is 5.52 Å². The Morgan fingerprint density at radius 2 is 2.12 bits per heavy atom. The van der Waals surface area contributed by atoms with Gasteiger partial charge in [0.05, 0.1) is 18.2 Å². The Hall–Kier alpha value is -1.87. The Morgan fingerprint density at radius 1 is 1.35 bits per heavy atom. The van der Waals surface area contributed by atoms with E-state index in [4.69, 9.17) is 10.4 Å². The molecular formula is C12H12N2O3. The lowest BCUT2D eigenvalue weighted by atomic mass is 10.0. The maximum atomic E-state index is 9.83. The van der Waals surface area contributed by atoms with E-state index >= 15 is 0 Å². The van der Waals surface area contributed by atoms with Gasteiger partial charge in [-0.25, -0.2) is 0 Å². The molecule has 5 nitrogen and oxygen atoms in total. The fourth-order valence-electron chi connectivity index (χ4n) is 1.76. The third kappa shape index (κ3) is 2.01. The van der Waals surface area contributed by atoms with Gasteiger partial charge in [-0.2, -0.15) is 5.26 Å². The first-order valence-electron chi connectivity index (χ1n) is 5.15. The van der Waals surface area contributed by atoms with Gasteiger partial charge in [0.1, 0.15) is 12.2 Å². The molecule has 0 fully saturated rings. The smallest absolute Gasteiger partial charge is 0.109 e. The highest BCUT2D eigenvalue weighted by molar-refractivity contribution is 5.84. The minimum atomic E-state index is -1.24. The zero-order valence-electron chi connectivity index (χ0n) is 8.96. The highest BCUT2D eigenvalue weighted by Crippen LogP contribution is 2.26. The fraction of sp³-hybridized carbons (Fsp3) is 0.250. The summed E-state index contributed by atoms with van der Waals surface area (Å²) >= 11 is 0. The van der Waals surface area contributed by atoms with Crippen molar-refractivity contribution < 1.29 is 15.3 Å². The van der Waals surface area contributed by atoms with Gasteiger partial charge in [-0.15, -0.1) is 0 Å². The maximum absolute atomic E-state index is 9.83. The van der Waals surface area contributed by atoms with Crippen molar-refractivity contribution in [3.05, 3.63) is 35.5 Å². The first kappa shape index (κ1) is 11.6.